The smallest absolute Gasteiger partial charge is 0.153 e. The van der Waals surface area contributed by atoms with Gasteiger partial charge in [0.2, 0.25) is 0 Å². The van der Waals surface area contributed by atoms with E-state index in [0.29, 0.717) is 11.5 Å². The molecule has 0 saturated heterocycles. The SMILES string of the molecule is CC(=O)C(C)(C)/C(C)=N/N=C(\N)c1ccc(C)cc1. The van der Waals surface area contributed by atoms with Crippen LogP contribution in [0.5, 0.6) is 0 Å². The van der Waals surface area contributed by atoms with Crippen molar-refractivity contribution >= 4 is 17.3 Å². The Morgan fingerprint density at radius 3 is 2.11 bits per heavy atom. The number of benzene rings is 1. The summed E-state index contributed by atoms with van der Waals surface area (Å²) >= 11 is 0. The maximum absolute atomic E-state index is 11.5. The molecule has 1 aromatic carbocycles. The molecule has 0 bridgehead atoms. The molecular formula is C15H21N3O. The molecule has 0 saturated carbocycles. The summed E-state index contributed by atoms with van der Waals surface area (Å²) in [5.74, 6) is 0.400. The highest BCUT2D eigenvalue weighted by Gasteiger charge is 2.27. The molecule has 0 aliphatic carbocycles. The van der Waals surface area contributed by atoms with E-state index >= 15 is 0 Å². The van der Waals surface area contributed by atoms with E-state index in [9.17, 15) is 4.79 Å². The first-order valence-corrected chi connectivity index (χ1v) is 6.21. The Labute approximate surface area is 114 Å². The summed E-state index contributed by atoms with van der Waals surface area (Å²) in [5.41, 5.74) is 7.89. The van der Waals surface area contributed by atoms with Gasteiger partial charge in [0.05, 0.1) is 11.1 Å². The van der Waals surface area contributed by atoms with Gasteiger partial charge in [-0.3, -0.25) is 4.79 Å². The second kappa shape index (κ2) is 5.78. The first kappa shape index (κ1) is 15.1. The first-order valence-electron chi connectivity index (χ1n) is 6.21. The van der Waals surface area contributed by atoms with Crippen LogP contribution in [0.1, 0.15) is 38.8 Å². The molecule has 0 unspecified atom stereocenters. The van der Waals surface area contributed by atoms with Crippen molar-refractivity contribution in [2.45, 2.75) is 34.6 Å². The van der Waals surface area contributed by atoms with E-state index in [0.717, 1.165) is 11.1 Å². The van der Waals surface area contributed by atoms with E-state index in [-0.39, 0.29) is 5.78 Å². The van der Waals surface area contributed by atoms with Crippen molar-refractivity contribution in [2.75, 3.05) is 0 Å². The third-order valence-electron chi connectivity index (χ3n) is 3.44. The molecule has 2 N–H and O–H groups in total. The number of aryl methyl sites for hydroxylation is 1. The summed E-state index contributed by atoms with van der Waals surface area (Å²) in [4.78, 5) is 11.5. The zero-order valence-corrected chi connectivity index (χ0v) is 12.2. The number of hydrogen-bond donors (Lipinski definition) is 1. The third kappa shape index (κ3) is 3.74. The van der Waals surface area contributed by atoms with Gasteiger partial charge >= 0.3 is 0 Å². The monoisotopic (exact) mass is 259 g/mol. The molecule has 0 amide bonds. The molecule has 0 radical (unpaired) electrons. The van der Waals surface area contributed by atoms with Crippen molar-refractivity contribution in [1.29, 1.82) is 0 Å². The molecule has 19 heavy (non-hydrogen) atoms. The number of nitrogens with zero attached hydrogens (tertiary/aromatic N) is 2. The molecule has 102 valence electrons. The van der Waals surface area contributed by atoms with Crippen molar-refractivity contribution < 1.29 is 4.79 Å². The van der Waals surface area contributed by atoms with Crippen LogP contribution in [0.3, 0.4) is 0 Å². The number of rotatable bonds is 4. The maximum Gasteiger partial charge on any atom is 0.153 e. The Morgan fingerprint density at radius 1 is 1.11 bits per heavy atom. The van der Waals surface area contributed by atoms with Crippen LogP contribution in [0.15, 0.2) is 34.5 Å². The van der Waals surface area contributed by atoms with E-state index in [4.69, 9.17) is 5.73 Å². The molecule has 0 spiro atoms. The fourth-order valence-electron chi connectivity index (χ4n) is 1.29. The normalized spacial score (nSPS) is 13.5. The average molecular weight is 259 g/mol. The van der Waals surface area contributed by atoms with Gasteiger partial charge in [-0.15, -0.1) is 5.10 Å². The summed E-state index contributed by atoms with van der Waals surface area (Å²) in [6, 6.07) is 7.73. The summed E-state index contributed by atoms with van der Waals surface area (Å²) in [7, 11) is 0. The minimum absolute atomic E-state index is 0.0536. The fraction of sp³-hybridized carbons (Fsp3) is 0.400. The number of carbonyl (C=O) groups excluding carboxylic acids is 1. The number of Topliss-reactive ketones (excluding diaryl/α,β-unsaturated/α-hetero) is 1. The van der Waals surface area contributed by atoms with E-state index < -0.39 is 5.41 Å². The highest BCUT2D eigenvalue weighted by molar-refractivity contribution is 6.07. The van der Waals surface area contributed by atoms with Crippen LogP contribution < -0.4 is 5.73 Å². The zero-order valence-electron chi connectivity index (χ0n) is 12.2. The average Bonchev–Trinajstić information content (AvgIpc) is 2.36. The van der Waals surface area contributed by atoms with Crippen molar-refractivity contribution in [2.24, 2.45) is 21.4 Å². The third-order valence-corrected chi connectivity index (χ3v) is 3.44. The Balaban J connectivity index is 2.97. The standard InChI is InChI=1S/C15H21N3O/c1-10-6-8-13(9-7-10)14(16)18-17-11(2)15(4,5)12(3)19/h6-9H,1-5H3,(H2,16,18)/b17-11+. The molecule has 1 rings (SSSR count). The minimum Gasteiger partial charge on any atom is -0.382 e. The largest absolute Gasteiger partial charge is 0.382 e. The highest BCUT2D eigenvalue weighted by Crippen LogP contribution is 2.19. The van der Waals surface area contributed by atoms with Gasteiger partial charge in [-0.25, -0.2) is 0 Å². The lowest BCUT2D eigenvalue weighted by Crippen LogP contribution is -2.29. The molecule has 1 aromatic rings. The second-order valence-electron chi connectivity index (χ2n) is 5.22. The van der Waals surface area contributed by atoms with Crippen LogP contribution in [-0.2, 0) is 4.79 Å². The molecule has 4 nitrogen and oxygen atoms in total. The molecule has 0 heterocycles. The van der Waals surface area contributed by atoms with Crippen LogP contribution in [0, 0.1) is 12.3 Å². The zero-order chi connectivity index (χ0) is 14.6. The van der Waals surface area contributed by atoms with Gasteiger partial charge in [0, 0.05) is 5.56 Å². The van der Waals surface area contributed by atoms with Crippen molar-refractivity contribution in [3.63, 3.8) is 0 Å². The van der Waals surface area contributed by atoms with Crippen molar-refractivity contribution in [3.05, 3.63) is 35.4 Å². The number of carbonyl (C=O) groups is 1. The van der Waals surface area contributed by atoms with Crippen LogP contribution in [0.4, 0.5) is 0 Å². The van der Waals surface area contributed by atoms with Gasteiger partial charge in [0.1, 0.15) is 5.78 Å². The molecule has 0 fully saturated rings. The van der Waals surface area contributed by atoms with E-state index in [1.165, 1.54) is 0 Å². The molecule has 0 atom stereocenters. The second-order valence-corrected chi connectivity index (χ2v) is 5.22. The highest BCUT2D eigenvalue weighted by atomic mass is 16.1. The van der Waals surface area contributed by atoms with E-state index in [1.54, 1.807) is 13.8 Å². The van der Waals surface area contributed by atoms with Gasteiger partial charge in [0.25, 0.3) is 0 Å². The predicted octanol–water partition coefficient (Wildman–Crippen LogP) is 2.69. The Morgan fingerprint density at radius 2 is 1.63 bits per heavy atom. The van der Waals surface area contributed by atoms with Crippen LogP contribution >= 0.6 is 0 Å². The lowest BCUT2D eigenvalue weighted by molar-refractivity contribution is -0.121. The van der Waals surface area contributed by atoms with Gasteiger partial charge in [0.15, 0.2) is 5.84 Å². The topological polar surface area (TPSA) is 67.8 Å². The van der Waals surface area contributed by atoms with E-state index in [1.807, 2.05) is 45.0 Å². The van der Waals surface area contributed by atoms with Crippen LogP contribution in [-0.4, -0.2) is 17.3 Å². The predicted molar refractivity (Wildman–Crippen MR) is 79.5 cm³/mol. The Hall–Kier alpha value is -1.97. The van der Waals surface area contributed by atoms with Crippen LogP contribution in [0.2, 0.25) is 0 Å². The number of amidine groups is 1. The molecule has 0 aliphatic rings. The lowest BCUT2D eigenvalue weighted by Gasteiger charge is -2.19. The van der Waals surface area contributed by atoms with E-state index in [2.05, 4.69) is 10.2 Å². The number of ketones is 1. The quantitative estimate of drug-likeness (QED) is 0.513. The number of nitrogens with two attached hydrogens (primary N) is 1. The molecule has 0 aromatic heterocycles. The lowest BCUT2D eigenvalue weighted by atomic mass is 9.84. The summed E-state index contributed by atoms with van der Waals surface area (Å²) < 4.78 is 0. The van der Waals surface area contributed by atoms with Gasteiger partial charge < -0.3 is 5.73 Å². The van der Waals surface area contributed by atoms with Gasteiger partial charge in [-0.2, -0.15) is 5.10 Å². The molecule has 4 heteroatoms. The summed E-state index contributed by atoms with van der Waals surface area (Å²) in [6.45, 7) is 8.99. The fourth-order valence-corrected chi connectivity index (χ4v) is 1.29. The summed E-state index contributed by atoms with van der Waals surface area (Å²) in [5, 5.41) is 8.08. The molecular weight excluding hydrogens is 238 g/mol. The summed E-state index contributed by atoms with van der Waals surface area (Å²) in [6.07, 6.45) is 0. The van der Waals surface area contributed by atoms with Crippen molar-refractivity contribution in [1.82, 2.24) is 0 Å². The van der Waals surface area contributed by atoms with Gasteiger partial charge in [-0.05, 0) is 34.6 Å². The van der Waals surface area contributed by atoms with Crippen LogP contribution in [0.25, 0.3) is 0 Å². The van der Waals surface area contributed by atoms with Crippen molar-refractivity contribution in [3.8, 4) is 0 Å². The first-order chi connectivity index (χ1) is 8.75. The molecule has 0 aliphatic heterocycles. The Kier molecular flexibility index (Phi) is 4.59. The maximum atomic E-state index is 11.5. The number of hydrogen-bond acceptors (Lipinski definition) is 3. The Bertz CT molecular complexity index is 525. The minimum atomic E-state index is -0.614. The van der Waals surface area contributed by atoms with Gasteiger partial charge in [-0.1, -0.05) is 29.8 Å².